The van der Waals surface area contributed by atoms with Crippen LogP contribution >= 0.6 is 0 Å². The molecule has 0 rings (SSSR count). The van der Waals surface area contributed by atoms with E-state index in [0.29, 0.717) is 6.61 Å². The number of hydrogen-bond acceptors (Lipinski definition) is 4. The highest BCUT2D eigenvalue weighted by Crippen LogP contribution is 2.06. The van der Waals surface area contributed by atoms with Crippen molar-refractivity contribution in [2.75, 3.05) is 26.4 Å². The van der Waals surface area contributed by atoms with Gasteiger partial charge in [-0.25, -0.2) is 0 Å². The molecule has 0 saturated carbocycles. The summed E-state index contributed by atoms with van der Waals surface area (Å²) in [7, 11) is 0. The van der Waals surface area contributed by atoms with Crippen LogP contribution in [0.15, 0.2) is 0 Å². The summed E-state index contributed by atoms with van der Waals surface area (Å²) in [4.78, 5) is 0. The lowest BCUT2D eigenvalue weighted by molar-refractivity contribution is 0.00550. The van der Waals surface area contributed by atoms with Crippen LogP contribution in [-0.4, -0.2) is 48.2 Å². The highest BCUT2D eigenvalue weighted by Gasteiger charge is 2.12. The molecule has 3 N–H and O–H groups in total. The minimum Gasteiger partial charge on any atom is -0.394 e. The average Bonchev–Trinajstić information content (AvgIpc) is 2.22. The second kappa shape index (κ2) is 8.05. The van der Waals surface area contributed by atoms with Gasteiger partial charge < -0.3 is 20.3 Å². The third-order valence-electron chi connectivity index (χ3n) is 2.47. The zero-order valence-electron chi connectivity index (χ0n) is 10.1. The summed E-state index contributed by atoms with van der Waals surface area (Å²) in [5, 5.41) is 20.9. The first-order valence-electron chi connectivity index (χ1n) is 5.63. The third kappa shape index (κ3) is 8.81. The Balaban J connectivity index is 3.25. The number of rotatable bonds is 9. The van der Waals surface area contributed by atoms with Gasteiger partial charge in [-0.3, -0.25) is 0 Å². The molecule has 0 amide bonds. The highest BCUT2D eigenvalue weighted by molar-refractivity contribution is 4.74. The topological polar surface area (TPSA) is 61.7 Å². The van der Waals surface area contributed by atoms with E-state index in [2.05, 4.69) is 26.1 Å². The Morgan fingerprint density at radius 1 is 1.40 bits per heavy atom. The van der Waals surface area contributed by atoms with Gasteiger partial charge in [-0.05, 0) is 33.2 Å². The number of ether oxygens (including phenoxy) is 1. The van der Waals surface area contributed by atoms with Gasteiger partial charge in [-0.2, -0.15) is 0 Å². The van der Waals surface area contributed by atoms with Crippen molar-refractivity contribution in [2.24, 2.45) is 0 Å². The first-order valence-corrected chi connectivity index (χ1v) is 5.63. The maximum absolute atomic E-state index is 8.99. The van der Waals surface area contributed by atoms with Gasteiger partial charge in [0, 0.05) is 12.1 Å². The molecule has 0 aliphatic rings. The fraction of sp³-hybridized carbons (Fsp3) is 1.00. The van der Waals surface area contributed by atoms with Crippen LogP contribution < -0.4 is 5.32 Å². The monoisotopic (exact) mass is 219 g/mol. The van der Waals surface area contributed by atoms with E-state index in [1.165, 1.54) is 0 Å². The average molecular weight is 219 g/mol. The zero-order valence-corrected chi connectivity index (χ0v) is 10.1. The summed E-state index contributed by atoms with van der Waals surface area (Å²) >= 11 is 0. The van der Waals surface area contributed by atoms with Crippen molar-refractivity contribution >= 4 is 0 Å². The molecule has 0 aromatic heterocycles. The summed E-state index contributed by atoms with van der Waals surface area (Å²) in [5.74, 6) is 0. The lowest BCUT2D eigenvalue weighted by atomic mass is 10.0. The van der Waals surface area contributed by atoms with E-state index >= 15 is 0 Å². The molecule has 0 spiro atoms. The van der Waals surface area contributed by atoms with Crippen LogP contribution in [0.1, 0.15) is 33.6 Å². The maximum Gasteiger partial charge on any atom is 0.100 e. The van der Waals surface area contributed by atoms with Gasteiger partial charge >= 0.3 is 0 Å². The van der Waals surface area contributed by atoms with E-state index in [9.17, 15) is 0 Å². The standard InChI is InChI=1S/C11H25NO3/c1-4-11(2,3)12-6-5-7-15-9-10(14)8-13/h10,12-14H,4-9H2,1-3H3. The Labute approximate surface area is 92.6 Å². The first-order chi connectivity index (χ1) is 7.02. The van der Waals surface area contributed by atoms with Crippen LogP contribution in [-0.2, 0) is 4.74 Å². The molecular weight excluding hydrogens is 194 g/mol. The smallest absolute Gasteiger partial charge is 0.100 e. The molecule has 4 heteroatoms. The Hall–Kier alpha value is -0.160. The SMILES string of the molecule is CCC(C)(C)NCCCOCC(O)CO. The Bertz CT molecular complexity index is 151. The fourth-order valence-corrected chi connectivity index (χ4v) is 0.998. The Morgan fingerprint density at radius 2 is 2.07 bits per heavy atom. The predicted octanol–water partition coefficient (Wildman–Crippen LogP) is 0.524. The molecule has 4 nitrogen and oxygen atoms in total. The summed E-state index contributed by atoms with van der Waals surface area (Å²) < 4.78 is 5.18. The molecule has 1 unspecified atom stereocenters. The van der Waals surface area contributed by atoms with Crippen molar-refractivity contribution in [3.63, 3.8) is 0 Å². The summed E-state index contributed by atoms with van der Waals surface area (Å²) in [6, 6.07) is 0. The third-order valence-corrected chi connectivity index (χ3v) is 2.47. The van der Waals surface area contributed by atoms with Crippen LogP contribution in [0.5, 0.6) is 0 Å². The zero-order chi connectivity index (χ0) is 11.7. The lowest BCUT2D eigenvalue weighted by Crippen LogP contribution is -2.39. The molecule has 0 aromatic rings. The second-order valence-electron chi connectivity index (χ2n) is 4.43. The van der Waals surface area contributed by atoms with Crippen molar-refractivity contribution < 1.29 is 14.9 Å². The summed E-state index contributed by atoms with van der Waals surface area (Å²) in [6.07, 6.45) is 1.27. The van der Waals surface area contributed by atoms with E-state index in [0.717, 1.165) is 19.4 Å². The molecule has 0 saturated heterocycles. The van der Waals surface area contributed by atoms with Gasteiger partial charge in [0.15, 0.2) is 0 Å². The number of hydrogen-bond donors (Lipinski definition) is 3. The van der Waals surface area contributed by atoms with Crippen molar-refractivity contribution in [3.05, 3.63) is 0 Å². The van der Waals surface area contributed by atoms with Gasteiger partial charge in [-0.1, -0.05) is 6.92 Å². The van der Waals surface area contributed by atoms with Gasteiger partial charge in [0.25, 0.3) is 0 Å². The van der Waals surface area contributed by atoms with Crippen LogP contribution in [0, 0.1) is 0 Å². The van der Waals surface area contributed by atoms with Crippen molar-refractivity contribution in [1.82, 2.24) is 5.32 Å². The molecule has 0 bridgehead atoms. The molecule has 15 heavy (non-hydrogen) atoms. The molecule has 0 aliphatic carbocycles. The largest absolute Gasteiger partial charge is 0.394 e. The van der Waals surface area contributed by atoms with Crippen LogP contribution in [0.2, 0.25) is 0 Å². The van der Waals surface area contributed by atoms with Crippen molar-refractivity contribution in [1.29, 1.82) is 0 Å². The molecule has 0 aromatic carbocycles. The molecule has 0 radical (unpaired) electrons. The highest BCUT2D eigenvalue weighted by atomic mass is 16.5. The Morgan fingerprint density at radius 3 is 2.60 bits per heavy atom. The van der Waals surface area contributed by atoms with E-state index in [4.69, 9.17) is 14.9 Å². The Kier molecular flexibility index (Phi) is 7.96. The van der Waals surface area contributed by atoms with E-state index in [-0.39, 0.29) is 18.8 Å². The van der Waals surface area contributed by atoms with Gasteiger partial charge in [0.2, 0.25) is 0 Å². The molecule has 92 valence electrons. The fourth-order valence-electron chi connectivity index (χ4n) is 0.998. The number of aliphatic hydroxyl groups excluding tert-OH is 2. The van der Waals surface area contributed by atoms with E-state index in [1.807, 2.05) is 0 Å². The maximum atomic E-state index is 8.99. The van der Waals surface area contributed by atoms with Crippen LogP contribution in [0.3, 0.4) is 0 Å². The summed E-state index contributed by atoms with van der Waals surface area (Å²) in [5.41, 5.74) is 0.185. The number of aliphatic hydroxyl groups is 2. The quantitative estimate of drug-likeness (QED) is 0.495. The normalized spacial score (nSPS) is 14.2. The van der Waals surface area contributed by atoms with Gasteiger partial charge in [0.1, 0.15) is 6.10 Å². The lowest BCUT2D eigenvalue weighted by Gasteiger charge is -2.24. The molecule has 0 aliphatic heterocycles. The van der Waals surface area contributed by atoms with E-state index in [1.54, 1.807) is 0 Å². The van der Waals surface area contributed by atoms with E-state index < -0.39 is 6.10 Å². The van der Waals surface area contributed by atoms with Crippen LogP contribution in [0.4, 0.5) is 0 Å². The van der Waals surface area contributed by atoms with Crippen molar-refractivity contribution in [3.8, 4) is 0 Å². The van der Waals surface area contributed by atoms with Gasteiger partial charge in [0.05, 0.1) is 13.2 Å². The molecular formula is C11H25NO3. The first kappa shape index (κ1) is 14.8. The second-order valence-corrected chi connectivity index (χ2v) is 4.43. The molecule has 0 fully saturated rings. The predicted molar refractivity (Wildman–Crippen MR) is 60.9 cm³/mol. The summed E-state index contributed by atoms with van der Waals surface area (Å²) in [6.45, 7) is 8.00. The molecule has 1 atom stereocenters. The van der Waals surface area contributed by atoms with Crippen molar-refractivity contribution in [2.45, 2.75) is 45.3 Å². The minimum atomic E-state index is -0.745. The number of nitrogens with one attached hydrogen (secondary N) is 1. The van der Waals surface area contributed by atoms with Crippen LogP contribution in [0.25, 0.3) is 0 Å². The van der Waals surface area contributed by atoms with Gasteiger partial charge in [-0.15, -0.1) is 0 Å². The minimum absolute atomic E-state index is 0.185. The molecule has 0 heterocycles.